The molecule has 2 N–H and O–H groups in total. The van der Waals surface area contributed by atoms with E-state index in [-0.39, 0.29) is 6.54 Å². The summed E-state index contributed by atoms with van der Waals surface area (Å²) in [6.45, 7) is 0.899. The molecule has 0 spiro atoms. The van der Waals surface area contributed by atoms with E-state index in [9.17, 15) is 9.59 Å². The van der Waals surface area contributed by atoms with Gasteiger partial charge < -0.3 is 10.6 Å². The number of amides is 1. The number of nitrogens with zero attached hydrogens (tertiary/aromatic N) is 2. The van der Waals surface area contributed by atoms with Crippen LogP contribution in [-0.2, 0) is 14.4 Å². The summed E-state index contributed by atoms with van der Waals surface area (Å²) in [5, 5.41) is 6.00. The smallest absolute Gasteiger partial charge is 0.333 e. The van der Waals surface area contributed by atoms with Gasteiger partial charge in [-0.15, -0.1) is 5.11 Å². The lowest BCUT2D eigenvalue weighted by Gasteiger charge is -1.85. The number of hydrogen-bond donors (Lipinski definition) is 1. The maximum Gasteiger partial charge on any atom is 0.333 e. The van der Waals surface area contributed by atoms with Gasteiger partial charge in [-0.2, -0.15) is 0 Å². The summed E-state index contributed by atoms with van der Waals surface area (Å²) < 4.78 is 0. The van der Waals surface area contributed by atoms with Gasteiger partial charge in [0.1, 0.15) is 6.54 Å². The minimum absolute atomic E-state index is 0.271. The van der Waals surface area contributed by atoms with Gasteiger partial charge in [0.2, 0.25) is 5.91 Å². The highest BCUT2D eigenvalue weighted by molar-refractivity contribution is 5.75. The lowest BCUT2D eigenvalue weighted by atomic mass is 10.7. The van der Waals surface area contributed by atoms with Gasteiger partial charge in [0.25, 0.3) is 0 Å². The van der Waals surface area contributed by atoms with Gasteiger partial charge in [0.15, 0.2) is 0 Å². The molecular formula is C4H7N3O3. The molecule has 1 amide bonds. The van der Waals surface area contributed by atoms with Crippen LogP contribution in [0.3, 0.4) is 0 Å². The van der Waals surface area contributed by atoms with Gasteiger partial charge in [-0.3, -0.25) is 4.79 Å². The minimum Gasteiger partial charge on any atom is -0.368 e. The van der Waals surface area contributed by atoms with Crippen LogP contribution in [-0.4, -0.2) is 18.4 Å². The molecule has 0 aliphatic carbocycles. The lowest BCUT2D eigenvalue weighted by Crippen LogP contribution is -2.13. The Labute approximate surface area is 57.0 Å². The summed E-state index contributed by atoms with van der Waals surface area (Å²) in [6.07, 6.45) is 0. The first kappa shape index (κ1) is 8.54. The summed E-state index contributed by atoms with van der Waals surface area (Å²) in [6, 6.07) is 0. The molecule has 0 rings (SSSR count). The molecule has 0 aliphatic heterocycles. The van der Waals surface area contributed by atoms with Crippen LogP contribution in [0.5, 0.6) is 0 Å². The van der Waals surface area contributed by atoms with E-state index in [2.05, 4.69) is 21.0 Å². The standard InChI is InChI=1S/C4H7N3O3/c1-3(8)10-7-6-2-4(5)9/h2H2,1H3,(H2,5,9). The van der Waals surface area contributed by atoms with Crippen molar-refractivity contribution >= 4 is 11.9 Å². The predicted octanol–water partition coefficient (Wildman–Crippen LogP) is -0.598. The molecule has 0 aliphatic rings. The predicted molar refractivity (Wildman–Crippen MR) is 30.7 cm³/mol. The molecule has 6 nitrogen and oxygen atoms in total. The van der Waals surface area contributed by atoms with Crippen LogP contribution in [0.15, 0.2) is 10.4 Å². The second-order valence-corrected chi connectivity index (χ2v) is 1.43. The van der Waals surface area contributed by atoms with Gasteiger partial charge in [0, 0.05) is 12.2 Å². The maximum absolute atomic E-state index is 10.00. The monoisotopic (exact) mass is 145 g/mol. The average Bonchev–Trinajstić information content (AvgIpc) is 1.79. The van der Waals surface area contributed by atoms with Crippen molar-refractivity contribution in [1.82, 2.24) is 0 Å². The fourth-order valence-electron chi connectivity index (χ4n) is 0.185. The Kier molecular flexibility index (Phi) is 3.78. The van der Waals surface area contributed by atoms with E-state index in [0.717, 1.165) is 0 Å². The molecule has 0 aromatic carbocycles. The van der Waals surface area contributed by atoms with E-state index in [4.69, 9.17) is 0 Å². The topological polar surface area (TPSA) is 94.1 Å². The molecule has 0 fully saturated rings. The van der Waals surface area contributed by atoms with Crippen molar-refractivity contribution in [1.29, 1.82) is 0 Å². The summed E-state index contributed by atoms with van der Waals surface area (Å²) in [4.78, 5) is 24.0. The number of carbonyl (C=O) groups is 2. The van der Waals surface area contributed by atoms with Crippen LogP contribution < -0.4 is 5.73 Å². The molecule has 0 aromatic heterocycles. The number of carbonyl (C=O) groups excluding carboxylic acids is 2. The lowest BCUT2D eigenvalue weighted by molar-refractivity contribution is -0.142. The summed E-state index contributed by atoms with van der Waals surface area (Å²) in [7, 11) is 0. The first-order valence-electron chi connectivity index (χ1n) is 2.45. The fraction of sp³-hybridized carbons (Fsp3) is 0.500. The fourth-order valence-corrected chi connectivity index (χ4v) is 0.185. The molecule has 0 saturated carbocycles. The van der Waals surface area contributed by atoms with Gasteiger partial charge in [0.05, 0.1) is 0 Å². The Morgan fingerprint density at radius 1 is 1.60 bits per heavy atom. The second kappa shape index (κ2) is 4.42. The van der Waals surface area contributed by atoms with Gasteiger partial charge >= 0.3 is 5.97 Å². The average molecular weight is 145 g/mol. The zero-order chi connectivity index (χ0) is 7.98. The van der Waals surface area contributed by atoms with E-state index in [1.54, 1.807) is 0 Å². The van der Waals surface area contributed by atoms with Crippen molar-refractivity contribution in [2.24, 2.45) is 16.1 Å². The molecule has 0 unspecified atom stereocenters. The van der Waals surface area contributed by atoms with Crippen molar-refractivity contribution < 1.29 is 14.4 Å². The summed E-state index contributed by atoms with van der Waals surface area (Å²) in [5.74, 6) is -1.22. The second-order valence-electron chi connectivity index (χ2n) is 1.43. The third-order valence-corrected chi connectivity index (χ3v) is 0.454. The van der Waals surface area contributed by atoms with Crippen molar-refractivity contribution in [3.63, 3.8) is 0 Å². The third-order valence-electron chi connectivity index (χ3n) is 0.454. The zero-order valence-corrected chi connectivity index (χ0v) is 5.40. The Morgan fingerprint density at radius 2 is 2.20 bits per heavy atom. The SMILES string of the molecule is CC(=O)ON=NCC(N)=O. The number of nitrogens with two attached hydrogens (primary N) is 1. The molecule has 0 aromatic rings. The molecule has 10 heavy (non-hydrogen) atoms. The van der Waals surface area contributed by atoms with Crippen LogP contribution in [0, 0.1) is 0 Å². The molecule has 0 atom stereocenters. The van der Waals surface area contributed by atoms with Crippen LogP contribution in [0.1, 0.15) is 6.92 Å². The molecule has 0 saturated heterocycles. The first-order valence-corrected chi connectivity index (χ1v) is 2.45. The van der Waals surface area contributed by atoms with E-state index < -0.39 is 11.9 Å². The molecule has 6 heteroatoms. The molecule has 0 heterocycles. The Hall–Kier alpha value is -1.46. The Morgan fingerprint density at radius 3 is 2.60 bits per heavy atom. The largest absolute Gasteiger partial charge is 0.368 e. The highest BCUT2D eigenvalue weighted by Gasteiger charge is 1.90. The summed E-state index contributed by atoms with van der Waals surface area (Å²) >= 11 is 0. The highest BCUT2D eigenvalue weighted by Crippen LogP contribution is 1.79. The van der Waals surface area contributed by atoms with Crippen molar-refractivity contribution in [3.05, 3.63) is 0 Å². The van der Waals surface area contributed by atoms with Crippen molar-refractivity contribution in [2.75, 3.05) is 6.54 Å². The summed E-state index contributed by atoms with van der Waals surface area (Å²) in [5.41, 5.74) is 4.68. The minimum atomic E-state index is -0.629. The van der Waals surface area contributed by atoms with Crippen molar-refractivity contribution in [3.8, 4) is 0 Å². The first-order chi connectivity index (χ1) is 4.63. The van der Waals surface area contributed by atoms with E-state index in [1.807, 2.05) is 0 Å². The molecule has 0 radical (unpaired) electrons. The number of rotatable bonds is 3. The number of primary amides is 1. The maximum atomic E-state index is 10.00. The van der Waals surface area contributed by atoms with Gasteiger partial charge in [-0.05, 0) is 0 Å². The quantitative estimate of drug-likeness (QED) is 0.424. The molecule has 56 valence electrons. The highest BCUT2D eigenvalue weighted by atomic mass is 16.7. The van der Waals surface area contributed by atoms with Gasteiger partial charge in [-0.25, -0.2) is 4.79 Å². The molecule has 0 bridgehead atoms. The Balaban J connectivity index is 3.38. The van der Waals surface area contributed by atoms with Crippen LogP contribution >= 0.6 is 0 Å². The van der Waals surface area contributed by atoms with Crippen molar-refractivity contribution in [2.45, 2.75) is 6.92 Å². The molecular weight excluding hydrogens is 138 g/mol. The Bertz CT molecular complexity index is 147. The normalized spacial score (nSPS) is 9.70. The van der Waals surface area contributed by atoms with E-state index in [1.165, 1.54) is 6.92 Å². The van der Waals surface area contributed by atoms with E-state index in [0.29, 0.717) is 0 Å². The third kappa shape index (κ3) is 6.54. The zero-order valence-electron chi connectivity index (χ0n) is 5.40. The van der Waals surface area contributed by atoms with Crippen LogP contribution in [0.4, 0.5) is 0 Å². The van der Waals surface area contributed by atoms with Gasteiger partial charge in [-0.1, -0.05) is 0 Å². The van der Waals surface area contributed by atoms with Crippen LogP contribution in [0.25, 0.3) is 0 Å². The van der Waals surface area contributed by atoms with Crippen LogP contribution in [0.2, 0.25) is 0 Å². The van der Waals surface area contributed by atoms with E-state index >= 15 is 0 Å². The number of hydrogen-bond acceptors (Lipinski definition) is 5.